The molecule has 0 bridgehead atoms. The van der Waals surface area contributed by atoms with Gasteiger partial charge in [-0.25, -0.2) is 9.78 Å². The van der Waals surface area contributed by atoms with Crippen LogP contribution >= 0.6 is 0 Å². The first-order valence-electron chi connectivity index (χ1n) is 8.96. The summed E-state index contributed by atoms with van der Waals surface area (Å²) in [5.41, 5.74) is -0.508. The second-order valence-electron chi connectivity index (χ2n) is 7.51. The summed E-state index contributed by atoms with van der Waals surface area (Å²) in [7, 11) is 0. The highest BCUT2D eigenvalue weighted by molar-refractivity contribution is 5.68. The summed E-state index contributed by atoms with van der Waals surface area (Å²) in [4.78, 5) is 27.8. The highest BCUT2D eigenvalue weighted by Gasteiger charge is 2.26. The zero-order chi connectivity index (χ0) is 19.2. The molecular weight excluding hydrogens is 338 g/mol. The van der Waals surface area contributed by atoms with E-state index >= 15 is 0 Å². The fraction of sp³-hybridized carbons (Fsp3) is 0.667. The van der Waals surface area contributed by atoms with Crippen molar-refractivity contribution in [2.45, 2.75) is 52.1 Å². The van der Waals surface area contributed by atoms with E-state index < -0.39 is 10.5 Å². The smallest absolute Gasteiger partial charge is 0.410 e. The summed E-state index contributed by atoms with van der Waals surface area (Å²) < 4.78 is 10.9. The lowest BCUT2D eigenvalue weighted by molar-refractivity contribution is -0.385. The van der Waals surface area contributed by atoms with Crippen molar-refractivity contribution in [3.63, 3.8) is 0 Å². The number of rotatable bonds is 6. The van der Waals surface area contributed by atoms with Crippen molar-refractivity contribution in [3.8, 4) is 5.88 Å². The van der Waals surface area contributed by atoms with Crippen molar-refractivity contribution in [3.05, 3.63) is 28.4 Å². The van der Waals surface area contributed by atoms with Gasteiger partial charge in [-0.05, 0) is 52.4 Å². The molecule has 0 spiro atoms. The Morgan fingerprint density at radius 3 is 2.58 bits per heavy atom. The minimum absolute atomic E-state index is 0.0471. The first-order chi connectivity index (χ1) is 12.2. The zero-order valence-electron chi connectivity index (χ0n) is 15.6. The number of piperidine rings is 1. The Hall–Kier alpha value is -2.38. The van der Waals surface area contributed by atoms with Gasteiger partial charge in [-0.15, -0.1) is 0 Å². The van der Waals surface area contributed by atoms with Gasteiger partial charge >= 0.3 is 6.09 Å². The second-order valence-corrected chi connectivity index (χ2v) is 7.51. The minimum atomic E-state index is -0.486. The van der Waals surface area contributed by atoms with Crippen LogP contribution in [0.2, 0.25) is 0 Å². The summed E-state index contributed by atoms with van der Waals surface area (Å²) >= 11 is 0. The number of nitrogens with zero attached hydrogens (tertiary/aromatic N) is 3. The Bertz CT molecular complexity index is 604. The number of hydrogen-bond acceptors (Lipinski definition) is 6. The number of hydrogen-bond donors (Lipinski definition) is 0. The lowest BCUT2D eigenvalue weighted by Gasteiger charge is -2.33. The summed E-state index contributed by atoms with van der Waals surface area (Å²) in [5.74, 6) is 0.970. The van der Waals surface area contributed by atoms with Crippen molar-refractivity contribution >= 4 is 11.8 Å². The van der Waals surface area contributed by atoms with Gasteiger partial charge in [0.25, 0.3) is 5.69 Å². The lowest BCUT2D eigenvalue weighted by atomic mass is 9.92. The van der Waals surface area contributed by atoms with Crippen molar-refractivity contribution < 1.29 is 19.2 Å². The Kier molecular flexibility index (Phi) is 6.76. The van der Waals surface area contributed by atoms with Crippen LogP contribution in [0.15, 0.2) is 18.3 Å². The summed E-state index contributed by atoms with van der Waals surface area (Å²) in [6.07, 6.45) is 4.81. The Morgan fingerprint density at radius 1 is 1.35 bits per heavy atom. The minimum Gasteiger partial charge on any atom is -0.478 e. The number of amides is 1. The predicted octanol–water partition coefficient (Wildman–Crippen LogP) is 3.80. The van der Waals surface area contributed by atoms with E-state index in [2.05, 4.69) is 4.98 Å². The van der Waals surface area contributed by atoms with Crippen LogP contribution in [-0.4, -0.2) is 46.2 Å². The number of likely N-dealkylation sites (tertiary alicyclic amines) is 1. The number of ether oxygens (including phenoxy) is 2. The van der Waals surface area contributed by atoms with Crippen LogP contribution in [0.4, 0.5) is 10.5 Å². The lowest BCUT2D eigenvalue weighted by Crippen LogP contribution is -2.41. The third-order valence-electron chi connectivity index (χ3n) is 4.20. The molecule has 0 saturated carbocycles. The average Bonchev–Trinajstić information content (AvgIpc) is 2.58. The van der Waals surface area contributed by atoms with Gasteiger partial charge in [-0.1, -0.05) is 0 Å². The van der Waals surface area contributed by atoms with Gasteiger partial charge in [0.15, 0.2) is 0 Å². The van der Waals surface area contributed by atoms with E-state index in [4.69, 9.17) is 9.47 Å². The third kappa shape index (κ3) is 6.50. The fourth-order valence-corrected chi connectivity index (χ4v) is 2.85. The highest BCUT2D eigenvalue weighted by Crippen LogP contribution is 2.23. The maximum atomic E-state index is 12.0. The largest absolute Gasteiger partial charge is 0.478 e. The molecule has 0 aliphatic carbocycles. The van der Waals surface area contributed by atoms with Crippen molar-refractivity contribution in [1.82, 2.24) is 9.88 Å². The number of pyridine rings is 1. The van der Waals surface area contributed by atoms with Crippen LogP contribution in [-0.2, 0) is 4.74 Å². The van der Waals surface area contributed by atoms with Crippen LogP contribution in [0, 0.1) is 16.0 Å². The van der Waals surface area contributed by atoms with Crippen LogP contribution in [0.25, 0.3) is 0 Å². The molecule has 1 saturated heterocycles. The Labute approximate surface area is 153 Å². The number of carbonyl (C=O) groups is 1. The van der Waals surface area contributed by atoms with Gasteiger partial charge in [-0.2, -0.15) is 0 Å². The van der Waals surface area contributed by atoms with Gasteiger partial charge < -0.3 is 14.4 Å². The molecule has 144 valence electrons. The summed E-state index contributed by atoms with van der Waals surface area (Å²) in [6, 6.07) is 2.90. The topological polar surface area (TPSA) is 94.8 Å². The van der Waals surface area contributed by atoms with E-state index in [1.165, 1.54) is 18.3 Å². The maximum absolute atomic E-state index is 12.0. The Balaban J connectivity index is 1.63. The average molecular weight is 365 g/mol. The SMILES string of the molecule is CC(C)(C)OC(=O)N1CCC(CCCOc2ccc([N+](=O)[O-])cn2)CC1. The summed E-state index contributed by atoms with van der Waals surface area (Å²) in [6.45, 7) is 7.60. The summed E-state index contributed by atoms with van der Waals surface area (Å²) in [5, 5.41) is 10.6. The van der Waals surface area contributed by atoms with Gasteiger partial charge in [0.05, 0.1) is 11.5 Å². The van der Waals surface area contributed by atoms with Gasteiger partial charge in [0.2, 0.25) is 5.88 Å². The van der Waals surface area contributed by atoms with Gasteiger partial charge in [0, 0.05) is 25.2 Å². The molecule has 2 heterocycles. The fourth-order valence-electron chi connectivity index (χ4n) is 2.85. The van der Waals surface area contributed by atoms with Crippen LogP contribution in [0.5, 0.6) is 5.88 Å². The molecule has 0 N–H and O–H groups in total. The quantitative estimate of drug-likeness (QED) is 0.432. The van der Waals surface area contributed by atoms with E-state index in [1.54, 1.807) is 4.90 Å². The zero-order valence-corrected chi connectivity index (χ0v) is 15.6. The molecule has 0 aromatic carbocycles. The third-order valence-corrected chi connectivity index (χ3v) is 4.20. The highest BCUT2D eigenvalue weighted by atomic mass is 16.6. The molecule has 0 radical (unpaired) electrons. The molecule has 1 fully saturated rings. The van der Waals surface area contributed by atoms with Crippen molar-refractivity contribution in [2.24, 2.45) is 5.92 Å². The molecule has 0 atom stereocenters. The van der Waals surface area contributed by atoms with Gasteiger partial charge in [-0.3, -0.25) is 10.1 Å². The van der Waals surface area contributed by atoms with E-state index in [0.717, 1.165) is 38.8 Å². The molecule has 2 rings (SSSR count). The van der Waals surface area contributed by atoms with Crippen LogP contribution in [0.1, 0.15) is 46.5 Å². The number of carbonyl (C=O) groups excluding carboxylic acids is 1. The molecule has 1 aliphatic heterocycles. The number of aromatic nitrogens is 1. The van der Waals surface area contributed by atoms with E-state index in [-0.39, 0.29) is 11.8 Å². The normalized spacial score (nSPS) is 15.6. The van der Waals surface area contributed by atoms with E-state index in [0.29, 0.717) is 18.4 Å². The monoisotopic (exact) mass is 365 g/mol. The molecule has 8 heteroatoms. The van der Waals surface area contributed by atoms with E-state index in [1.807, 2.05) is 20.8 Å². The van der Waals surface area contributed by atoms with Crippen molar-refractivity contribution in [2.75, 3.05) is 19.7 Å². The second kappa shape index (κ2) is 8.82. The standard InChI is InChI=1S/C18H27N3O5/c1-18(2,3)26-17(22)20-10-8-14(9-11-20)5-4-12-25-16-7-6-15(13-19-16)21(23)24/h6-7,13-14H,4-5,8-12H2,1-3H3. The van der Waals surface area contributed by atoms with Gasteiger partial charge in [0.1, 0.15) is 11.8 Å². The maximum Gasteiger partial charge on any atom is 0.410 e. The molecule has 1 aromatic rings. The predicted molar refractivity (Wildman–Crippen MR) is 96.2 cm³/mol. The van der Waals surface area contributed by atoms with Crippen LogP contribution in [0.3, 0.4) is 0 Å². The molecule has 1 aliphatic rings. The Morgan fingerprint density at radius 2 is 2.04 bits per heavy atom. The molecule has 1 amide bonds. The van der Waals surface area contributed by atoms with Crippen molar-refractivity contribution in [1.29, 1.82) is 0 Å². The molecule has 8 nitrogen and oxygen atoms in total. The molecular formula is C18H27N3O5. The van der Waals surface area contributed by atoms with E-state index in [9.17, 15) is 14.9 Å². The van der Waals surface area contributed by atoms with Crippen LogP contribution < -0.4 is 4.74 Å². The molecule has 26 heavy (non-hydrogen) atoms. The first-order valence-corrected chi connectivity index (χ1v) is 8.96. The molecule has 0 unspecified atom stereocenters. The molecule has 1 aromatic heterocycles. The number of nitro groups is 1. The first kappa shape index (κ1) is 19.9.